The highest BCUT2D eigenvalue weighted by Crippen LogP contribution is 2.16. The molecule has 2 aromatic rings. The van der Waals surface area contributed by atoms with Gasteiger partial charge in [-0.1, -0.05) is 57.9 Å². The van der Waals surface area contributed by atoms with E-state index < -0.39 is 0 Å². The minimum absolute atomic E-state index is 0.978. The summed E-state index contributed by atoms with van der Waals surface area (Å²) in [4.78, 5) is 2.52. The SMILES string of the molecule is Cc1ccc(CN2CCN(/N=C\c3ccccc3Br)CC2)c(C)c1. The summed E-state index contributed by atoms with van der Waals surface area (Å²) in [5.74, 6) is 0. The van der Waals surface area contributed by atoms with Gasteiger partial charge in [-0.15, -0.1) is 0 Å². The molecular weight excluding hydrogens is 362 g/mol. The van der Waals surface area contributed by atoms with Crippen LogP contribution in [0.25, 0.3) is 0 Å². The molecule has 24 heavy (non-hydrogen) atoms. The van der Waals surface area contributed by atoms with Gasteiger partial charge in [-0.05, 0) is 31.0 Å². The van der Waals surface area contributed by atoms with Crippen LogP contribution in [0.15, 0.2) is 52.0 Å². The third-order valence-corrected chi connectivity index (χ3v) is 5.23. The molecular formula is C20H24BrN3. The Morgan fingerprint density at radius 2 is 1.79 bits per heavy atom. The normalized spacial score (nSPS) is 16.0. The van der Waals surface area contributed by atoms with Gasteiger partial charge >= 0.3 is 0 Å². The molecule has 0 bridgehead atoms. The standard InChI is InChI=1S/C20H24BrN3/c1-16-7-8-19(17(2)13-16)15-23-9-11-24(12-10-23)22-14-18-5-3-4-6-20(18)21/h3-8,13-14H,9-12,15H2,1-2H3/b22-14-. The van der Waals surface area contributed by atoms with Crippen molar-refractivity contribution < 1.29 is 0 Å². The van der Waals surface area contributed by atoms with Crippen molar-refractivity contribution in [2.75, 3.05) is 26.2 Å². The Morgan fingerprint density at radius 3 is 2.50 bits per heavy atom. The Bertz CT molecular complexity index is 719. The third kappa shape index (κ3) is 4.46. The number of rotatable bonds is 4. The van der Waals surface area contributed by atoms with Gasteiger partial charge in [0.1, 0.15) is 0 Å². The molecule has 0 N–H and O–H groups in total. The molecule has 0 saturated carbocycles. The first-order chi connectivity index (χ1) is 11.6. The van der Waals surface area contributed by atoms with Crippen molar-refractivity contribution in [3.63, 3.8) is 0 Å². The smallest absolute Gasteiger partial charge is 0.0554 e. The van der Waals surface area contributed by atoms with Crippen molar-refractivity contribution >= 4 is 22.1 Å². The van der Waals surface area contributed by atoms with E-state index in [4.69, 9.17) is 0 Å². The lowest BCUT2D eigenvalue weighted by Crippen LogP contribution is -2.43. The summed E-state index contributed by atoms with van der Waals surface area (Å²) in [7, 11) is 0. The topological polar surface area (TPSA) is 18.8 Å². The Hall–Kier alpha value is -1.65. The summed E-state index contributed by atoms with van der Waals surface area (Å²) in [5, 5.41) is 6.80. The van der Waals surface area contributed by atoms with Crippen molar-refractivity contribution in [3.05, 3.63) is 69.2 Å². The number of hydrazone groups is 1. The molecule has 3 nitrogen and oxygen atoms in total. The Morgan fingerprint density at radius 1 is 1.04 bits per heavy atom. The lowest BCUT2D eigenvalue weighted by molar-refractivity contribution is 0.131. The van der Waals surface area contributed by atoms with Crippen molar-refractivity contribution in [1.29, 1.82) is 0 Å². The lowest BCUT2D eigenvalue weighted by atomic mass is 10.1. The van der Waals surface area contributed by atoms with Crippen molar-refractivity contribution in [1.82, 2.24) is 9.91 Å². The van der Waals surface area contributed by atoms with E-state index in [2.05, 4.69) is 69.1 Å². The molecule has 2 aromatic carbocycles. The fourth-order valence-electron chi connectivity index (χ4n) is 3.00. The van der Waals surface area contributed by atoms with Crippen LogP contribution in [0.4, 0.5) is 0 Å². The van der Waals surface area contributed by atoms with E-state index in [1.54, 1.807) is 0 Å². The molecule has 0 atom stereocenters. The zero-order valence-electron chi connectivity index (χ0n) is 14.4. The summed E-state index contributed by atoms with van der Waals surface area (Å²) in [6.45, 7) is 9.46. The van der Waals surface area contributed by atoms with Gasteiger partial charge in [0.25, 0.3) is 0 Å². The van der Waals surface area contributed by atoms with Crippen molar-refractivity contribution in [2.24, 2.45) is 5.10 Å². The molecule has 0 aromatic heterocycles. The van der Waals surface area contributed by atoms with Crippen LogP contribution < -0.4 is 0 Å². The number of piperazine rings is 1. The molecule has 3 rings (SSSR count). The Labute approximate surface area is 153 Å². The number of hydrogen-bond donors (Lipinski definition) is 0. The zero-order chi connectivity index (χ0) is 16.9. The van der Waals surface area contributed by atoms with Gasteiger partial charge in [0.2, 0.25) is 0 Å². The van der Waals surface area contributed by atoms with Crippen LogP contribution in [0.2, 0.25) is 0 Å². The van der Waals surface area contributed by atoms with Gasteiger partial charge in [0, 0.05) is 42.8 Å². The van der Waals surface area contributed by atoms with Crippen LogP contribution in [0.3, 0.4) is 0 Å². The predicted octanol–water partition coefficient (Wildman–Crippen LogP) is 4.22. The van der Waals surface area contributed by atoms with E-state index in [-0.39, 0.29) is 0 Å². The van der Waals surface area contributed by atoms with E-state index >= 15 is 0 Å². The second kappa shape index (κ2) is 7.95. The molecule has 0 unspecified atom stereocenters. The first-order valence-corrected chi connectivity index (χ1v) is 9.23. The molecule has 1 fully saturated rings. The minimum atomic E-state index is 0.978. The van der Waals surface area contributed by atoms with Gasteiger partial charge in [0.05, 0.1) is 6.21 Å². The molecule has 1 saturated heterocycles. The Balaban J connectivity index is 1.53. The zero-order valence-corrected chi connectivity index (χ0v) is 16.0. The molecule has 0 spiro atoms. The quantitative estimate of drug-likeness (QED) is 0.733. The van der Waals surface area contributed by atoms with Crippen LogP contribution in [0.1, 0.15) is 22.3 Å². The predicted molar refractivity (Wildman–Crippen MR) is 105 cm³/mol. The highest BCUT2D eigenvalue weighted by atomic mass is 79.9. The third-order valence-electron chi connectivity index (χ3n) is 4.51. The van der Waals surface area contributed by atoms with Crippen LogP contribution in [0.5, 0.6) is 0 Å². The van der Waals surface area contributed by atoms with Crippen molar-refractivity contribution in [2.45, 2.75) is 20.4 Å². The monoisotopic (exact) mass is 385 g/mol. The van der Waals surface area contributed by atoms with Crippen LogP contribution in [0, 0.1) is 13.8 Å². The fourth-order valence-corrected chi connectivity index (χ4v) is 3.39. The second-order valence-corrected chi connectivity index (χ2v) is 7.28. The van der Waals surface area contributed by atoms with E-state index in [9.17, 15) is 0 Å². The lowest BCUT2D eigenvalue weighted by Gasteiger charge is -2.33. The van der Waals surface area contributed by atoms with Gasteiger partial charge in [0.15, 0.2) is 0 Å². The maximum Gasteiger partial charge on any atom is 0.0554 e. The highest BCUT2D eigenvalue weighted by molar-refractivity contribution is 9.10. The summed E-state index contributed by atoms with van der Waals surface area (Å²) < 4.78 is 1.09. The number of aryl methyl sites for hydroxylation is 2. The average Bonchev–Trinajstić information content (AvgIpc) is 2.58. The molecule has 0 aliphatic carbocycles. The summed E-state index contributed by atoms with van der Waals surface area (Å²) in [6, 6.07) is 14.9. The molecule has 126 valence electrons. The van der Waals surface area contributed by atoms with E-state index in [1.807, 2.05) is 24.4 Å². The first-order valence-electron chi connectivity index (χ1n) is 8.44. The summed E-state index contributed by atoms with van der Waals surface area (Å²) >= 11 is 3.56. The average molecular weight is 386 g/mol. The number of hydrogen-bond acceptors (Lipinski definition) is 3. The van der Waals surface area contributed by atoms with Crippen LogP contribution in [-0.2, 0) is 6.54 Å². The number of nitrogens with zero attached hydrogens (tertiary/aromatic N) is 3. The minimum Gasteiger partial charge on any atom is -0.295 e. The summed E-state index contributed by atoms with van der Waals surface area (Å²) in [5.41, 5.74) is 5.29. The molecule has 4 heteroatoms. The largest absolute Gasteiger partial charge is 0.295 e. The summed E-state index contributed by atoms with van der Waals surface area (Å²) in [6.07, 6.45) is 1.95. The van der Waals surface area contributed by atoms with Gasteiger partial charge in [-0.2, -0.15) is 5.10 Å². The van der Waals surface area contributed by atoms with Gasteiger partial charge in [-0.25, -0.2) is 0 Å². The molecule has 1 aliphatic heterocycles. The second-order valence-electron chi connectivity index (χ2n) is 6.43. The van der Waals surface area contributed by atoms with E-state index in [1.165, 1.54) is 16.7 Å². The highest BCUT2D eigenvalue weighted by Gasteiger charge is 2.16. The maximum absolute atomic E-state index is 4.64. The van der Waals surface area contributed by atoms with E-state index in [0.29, 0.717) is 0 Å². The first kappa shape index (κ1) is 17.2. The Kier molecular flexibility index (Phi) is 5.69. The maximum atomic E-state index is 4.64. The number of benzene rings is 2. The van der Waals surface area contributed by atoms with E-state index in [0.717, 1.165) is 42.8 Å². The van der Waals surface area contributed by atoms with Gasteiger partial charge < -0.3 is 0 Å². The molecule has 0 radical (unpaired) electrons. The molecule has 0 amide bonds. The molecule has 1 aliphatic rings. The van der Waals surface area contributed by atoms with Crippen molar-refractivity contribution in [3.8, 4) is 0 Å². The van der Waals surface area contributed by atoms with Gasteiger partial charge in [-0.3, -0.25) is 9.91 Å². The molecule has 1 heterocycles. The number of halogens is 1. The fraction of sp³-hybridized carbons (Fsp3) is 0.350. The van der Waals surface area contributed by atoms with Crippen LogP contribution >= 0.6 is 15.9 Å². The van der Waals surface area contributed by atoms with Crippen LogP contribution in [-0.4, -0.2) is 42.3 Å².